The number of nitrogens with zero attached hydrogens (tertiary/aromatic N) is 2. The van der Waals surface area contributed by atoms with Crippen LogP contribution < -0.4 is 15.4 Å². The van der Waals surface area contributed by atoms with E-state index in [1.54, 1.807) is 6.07 Å². The standard InChI is InChI=1S/C21H22N4O2/c1-15(2)24-21(26)19-12-20(23-14-22-19)25-17-8-10-18(11-9-17)27-13-16-6-4-3-5-7-16/h3-12,14-15H,13H2,1-2H3,(H,24,26)(H,22,23,25). The van der Waals surface area contributed by atoms with Gasteiger partial charge in [0, 0.05) is 17.8 Å². The fourth-order valence-corrected chi connectivity index (χ4v) is 2.41. The molecule has 0 saturated heterocycles. The van der Waals surface area contributed by atoms with E-state index >= 15 is 0 Å². The number of rotatable bonds is 7. The Morgan fingerprint density at radius 1 is 1.04 bits per heavy atom. The highest BCUT2D eigenvalue weighted by molar-refractivity contribution is 5.93. The van der Waals surface area contributed by atoms with Crippen molar-refractivity contribution in [1.29, 1.82) is 0 Å². The Bertz CT molecular complexity index is 880. The van der Waals surface area contributed by atoms with E-state index < -0.39 is 0 Å². The van der Waals surface area contributed by atoms with E-state index in [-0.39, 0.29) is 11.9 Å². The molecule has 0 aliphatic carbocycles. The second kappa shape index (κ2) is 8.80. The molecule has 138 valence electrons. The van der Waals surface area contributed by atoms with Crippen molar-refractivity contribution in [2.45, 2.75) is 26.5 Å². The molecule has 3 aromatic rings. The first-order valence-electron chi connectivity index (χ1n) is 8.77. The average Bonchev–Trinajstić information content (AvgIpc) is 2.68. The molecule has 0 fully saturated rings. The Morgan fingerprint density at radius 2 is 1.78 bits per heavy atom. The van der Waals surface area contributed by atoms with Crippen LogP contribution in [0.5, 0.6) is 5.75 Å². The Kier molecular flexibility index (Phi) is 5.99. The van der Waals surface area contributed by atoms with Crippen LogP contribution in [0.25, 0.3) is 0 Å². The van der Waals surface area contributed by atoms with Gasteiger partial charge in [0.05, 0.1) is 0 Å². The van der Waals surface area contributed by atoms with Crippen molar-refractivity contribution in [3.05, 3.63) is 78.2 Å². The van der Waals surface area contributed by atoms with Gasteiger partial charge in [-0.15, -0.1) is 0 Å². The quantitative estimate of drug-likeness (QED) is 0.666. The van der Waals surface area contributed by atoms with Crippen molar-refractivity contribution >= 4 is 17.4 Å². The number of amides is 1. The highest BCUT2D eigenvalue weighted by atomic mass is 16.5. The van der Waals surface area contributed by atoms with E-state index in [1.807, 2.05) is 68.4 Å². The predicted octanol–water partition coefficient (Wildman–Crippen LogP) is 3.94. The molecule has 0 bridgehead atoms. The zero-order chi connectivity index (χ0) is 19.1. The second-order valence-corrected chi connectivity index (χ2v) is 6.34. The third-order valence-corrected chi connectivity index (χ3v) is 3.69. The van der Waals surface area contributed by atoms with Crippen LogP contribution in [0.2, 0.25) is 0 Å². The van der Waals surface area contributed by atoms with Crippen molar-refractivity contribution in [1.82, 2.24) is 15.3 Å². The third-order valence-electron chi connectivity index (χ3n) is 3.69. The largest absolute Gasteiger partial charge is 0.489 e. The zero-order valence-electron chi connectivity index (χ0n) is 15.3. The normalized spacial score (nSPS) is 10.5. The fourth-order valence-electron chi connectivity index (χ4n) is 2.41. The summed E-state index contributed by atoms with van der Waals surface area (Å²) < 4.78 is 5.78. The molecule has 6 heteroatoms. The van der Waals surface area contributed by atoms with E-state index in [1.165, 1.54) is 6.33 Å². The number of ether oxygens (including phenoxy) is 1. The molecule has 0 spiro atoms. The maximum absolute atomic E-state index is 12.0. The first-order chi connectivity index (χ1) is 13.1. The molecular formula is C21H22N4O2. The van der Waals surface area contributed by atoms with E-state index in [9.17, 15) is 4.79 Å². The first-order valence-corrected chi connectivity index (χ1v) is 8.77. The number of benzene rings is 2. The van der Waals surface area contributed by atoms with Crippen molar-refractivity contribution in [3.8, 4) is 5.75 Å². The summed E-state index contributed by atoms with van der Waals surface area (Å²) >= 11 is 0. The number of hydrogen-bond donors (Lipinski definition) is 2. The molecule has 0 aliphatic rings. The summed E-state index contributed by atoms with van der Waals surface area (Å²) in [5.41, 5.74) is 2.29. The molecule has 2 N–H and O–H groups in total. The summed E-state index contributed by atoms with van der Waals surface area (Å²) in [5.74, 6) is 1.11. The van der Waals surface area contributed by atoms with Crippen LogP contribution in [0.3, 0.4) is 0 Å². The molecule has 3 rings (SSSR count). The Labute approximate surface area is 158 Å². The SMILES string of the molecule is CC(C)NC(=O)c1cc(Nc2ccc(OCc3ccccc3)cc2)ncn1. The van der Waals surface area contributed by atoms with Gasteiger partial charge < -0.3 is 15.4 Å². The molecule has 27 heavy (non-hydrogen) atoms. The summed E-state index contributed by atoms with van der Waals surface area (Å²) in [7, 11) is 0. The van der Waals surface area contributed by atoms with E-state index in [0.29, 0.717) is 18.1 Å². The van der Waals surface area contributed by atoms with Crippen LogP contribution in [0.1, 0.15) is 29.9 Å². The highest BCUT2D eigenvalue weighted by Gasteiger charge is 2.10. The van der Waals surface area contributed by atoms with Crippen molar-refractivity contribution < 1.29 is 9.53 Å². The maximum atomic E-state index is 12.0. The molecule has 0 atom stereocenters. The van der Waals surface area contributed by atoms with E-state index in [2.05, 4.69) is 20.6 Å². The van der Waals surface area contributed by atoms with Gasteiger partial charge in [-0.2, -0.15) is 0 Å². The molecular weight excluding hydrogens is 340 g/mol. The van der Waals surface area contributed by atoms with Crippen molar-refractivity contribution in [2.75, 3.05) is 5.32 Å². The van der Waals surface area contributed by atoms with E-state index in [4.69, 9.17) is 4.74 Å². The Balaban J connectivity index is 1.60. The van der Waals surface area contributed by atoms with Gasteiger partial charge in [0.2, 0.25) is 0 Å². The lowest BCUT2D eigenvalue weighted by Crippen LogP contribution is -2.30. The smallest absolute Gasteiger partial charge is 0.270 e. The van der Waals surface area contributed by atoms with Gasteiger partial charge >= 0.3 is 0 Å². The van der Waals surface area contributed by atoms with Gasteiger partial charge in [0.15, 0.2) is 0 Å². The van der Waals surface area contributed by atoms with Gasteiger partial charge in [-0.1, -0.05) is 30.3 Å². The van der Waals surface area contributed by atoms with E-state index in [0.717, 1.165) is 17.0 Å². The summed E-state index contributed by atoms with van der Waals surface area (Å²) in [6.45, 7) is 4.33. The lowest BCUT2D eigenvalue weighted by atomic mass is 10.2. The van der Waals surface area contributed by atoms with Crippen LogP contribution in [-0.2, 0) is 6.61 Å². The minimum absolute atomic E-state index is 0.0484. The molecule has 1 aromatic heterocycles. The molecule has 1 heterocycles. The summed E-state index contributed by atoms with van der Waals surface area (Å²) in [4.78, 5) is 20.2. The van der Waals surface area contributed by atoms with Gasteiger partial charge in [-0.25, -0.2) is 9.97 Å². The summed E-state index contributed by atoms with van der Waals surface area (Å²) in [5, 5.41) is 5.98. The molecule has 2 aromatic carbocycles. The number of carbonyl (C=O) groups is 1. The van der Waals surface area contributed by atoms with Gasteiger partial charge in [-0.3, -0.25) is 4.79 Å². The minimum Gasteiger partial charge on any atom is -0.489 e. The van der Waals surface area contributed by atoms with Crippen LogP contribution in [0.4, 0.5) is 11.5 Å². The predicted molar refractivity (Wildman–Crippen MR) is 105 cm³/mol. The fraction of sp³-hybridized carbons (Fsp3) is 0.190. The number of anilines is 2. The Hall–Kier alpha value is -3.41. The summed E-state index contributed by atoms with van der Waals surface area (Å²) in [6, 6.07) is 19.3. The van der Waals surface area contributed by atoms with Crippen molar-refractivity contribution in [3.63, 3.8) is 0 Å². The lowest BCUT2D eigenvalue weighted by Gasteiger charge is -2.10. The van der Waals surface area contributed by atoms with Crippen LogP contribution >= 0.6 is 0 Å². The minimum atomic E-state index is -0.222. The number of aromatic nitrogens is 2. The van der Waals surface area contributed by atoms with Crippen LogP contribution in [0, 0.1) is 0 Å². The molecule has 0 saturated carbocycles. The summed E-state index contributed by atoms with van der Waals surface area (Å²) in [6.07, 6.45) is 1.37. The lowest BCUT2D eigenvalue weighted by molar-refractivity contribution is 0.0938. The van der Waals surface area contributed by atoms with Gasteiger partial charge in [0.1, 0.15) is 30.2 Å². The monoisotopic (exact) mass is 362 g/mol. The molecule has 6 nitrogen and oxygen atoms in total. The Morgan fingerprint density at radius 3 is 2.48 bits per heavy atom. The number of carbonyl (C=O) groups excluding carboxylic acids is 1. The van der Waals surface area contributed by atoms with Crippen molar-refractivity contribution in [2.24, 2.45) is 0 Å². The molecule has 0 unspecified atom stereocenters. The average molecular weight is 362 g/mol. The third kappa shape index (κ3) is 5.54. The van der Waals surface area contributed by atoms with Crippen LogP contribution in [-0.4, -0.2) is 21.9 Å². The molecule has 1 amide bonds. The maximum Gasteiger partial charge on any atom is 0.270 e. The van der Waals surface area contributed by atoms with Crippen LogP contribution in [0.15, 0.2) is 67.0 Å². The second-order valence-electron chi connectivity index (χ2n) is 6.34. The number of nitrogens with one attached hydrogen (secondary N) is 2. The zero-order valence-corrected chi connectivity index (χ0v) is 15.3. The van der Waals surface area contributed by atoms with Gasteiger partial charge in [-0.05, 0) is 43.7 Å². The first kappa shape index (κ1) is 18.4. The molecule has 0 radical (unpaired) electrons. The van der Waals surface area contributed by atoms with Gasteiger partial charge in [0.25, 0.3) is 5.91 Å². The molecule has 0 aliphatic heterocycles. The number of hydrogen-bond acceptors (Lipinski definition) is 5. The highest BCUT2D eigenvalue weighted by Crippen LogP contribution is 2.20. The topological polar surface area (TPSA) is 76.1 Å².